The fourth-order valence-electron chi connectivity index (χ4n) is 9.93. The minimum absolute atomic E-state index is 0.0160. The third kappa shape index (κ3) is 13.9. The predicted molar refractivity (Wildman–Crippen MR) is 278 cm³/mol. The van der Waals surface area contributed by atoms with E-state index in [2.05, 4.69) is 54.7 Å². The van der Waals surface area contributed by atoms with E-state index < -0.39 is 35.4 Å². The molecule has 1 unspecified atom stereocenters. The van der Waals surface area contributed by atoms with Gasteiger partial charge in [-0.2, -0.15) is 5.26 Å². The number of unbranched alkanes of at least 4 members (excludes halogenated alkanes) is 2. The number of benzene rings is 3. The van der Waals surface area contributed by atoms with Crippen molar-refractivity contribution in [3.8, 4) is 28.0 Å². The standard InChI is InChI=1S/C55H71ClN6O9S/c1-34(36-14-16-37(17-15-36)46-35(2)58-33-72-46)59-49(66)44-28-40(63)31-62(44)50(67)47(53(3,4)5)60-45(64)32-69-26-13-25-68-24-11-10-12-27-70-41-21-18-38(19-22-41)48(65)61-51-54(6,7)52(55(51,8)9)71-42-23-20-39(30-57)43(56)29-42/h14-23,29,33-34,40,44,47,51-52,63H,10-13,24-28,31-32H2,1-9H3,(H,59,66)(H,60,64)(H,61,65)/t34?,40-,44+,47-,51?,52?/m1/s1. The summed E-state index contributed by atoms with van der Waals surface area (Å²) in [6.07, 6.45) is 2.20. The second kappa shape index (κ2) is 24.4. The van der Waals surface area contributed by atoms with Crippen LogP contribution < -0.4 is 25.4 Å². The number of hydrogen-bond acceptors (Lipinski definition) is 12. The van der Waals surface area contributed by atoms with Crippen molar-refractivity contribution in [1.29, 1.82) is 5.26 Å². The van der Waals surface area contributed by atoms with Crippen molar-refractivity contribution in [3.63, 3.8) is 0 Å². The van der Waals surface area contributed by atoms with Gasteiger partial charge in [0.05, 0.1) is 45.4 Å². The van der Waals surface area contributed by atoms with E-state index >= 15 is 0 Å². The first-order chi connectivity index (χ1) is 34.1. The Hall–Kier alpha value is -5.57. The van der Waals surface area contributed by atoms with Crippen LogP contribution in [0.4, 0.5) is 0 Å². The summed E-state index contributed by atoms with van der Waals surface area (Å²) in [7, 11) is 0. The highest BCUT2D eigenvalue weighted by Crippen LogP contribution is 2.55. The molecule has 4 N–H and O–H groups in total. The van der Waals surface area contributed by atoms with Gasteiger partial charge in [0.25, 0.3) is 5.91 Å². The second-order valence-corrected chi connectivity index (χ2v) is 22.4. The van der Waals surface area contributed by atoms with Gasteiger partial charge >= 0.3 is 0 Å². The van der Waals surface area contributed by atoms with Gasteiger partial charge in [0, 0.05) is 61.3 Å². The number of thiazole rings is 1. The molecular weight excluding hydrogens is 956 g/mol. The highest BCUT2D eigenvalue weighted by Gasteiger charge is 2.64. The third-order valence-electron chi connectivity index (χ3n) is 13.6. The van der Waals surface area contributed by atoms with Crippen LogP contribution in [0, 0.1) is 34.5 Å². The van der Waals surface area contributed by atoms with Crippen LogP contribution in [0.3, 0.4) is 0 Å². The van der Waals surface area contributed by atoms with E-state index in [1.807, 2.05) is 64.4 Å². The van der Waals surface area contributed by atoms with Gasteiger partial charge in [-0.15, -0.1) is 11.3 Å². The van der Waals surface area contributed by atoms with E-state index in [4.69, 9.17) is 30.5 Å². The SMILES string of the molecule is Cc1ncsc1-c1ccc(C(C)NC(=O)[C@@H]2C[C@@H](O)CN2C(=O)[C@@H](NC(=O)COCCCOCCCCCOc2ccc(C(=O)NC3C(C)(C)C(Oc4ccc(C#N)c(Cl)c4)C3(C)C)cc2)C(C)(C)C)cc1. The summed E-state index contributed by atoms with van der Waals surface area (Å²) in [5, 5.41) is 29.2. The molecule has 4 atom stereocenters. The lowest BCUT2D eigenvalue weighted by atomic mass is 9.49. The number of nitriles is 1. The lowest BCUT2D eigenvalue weighted by molar-refractivity contribution is -0.164. The largest absolute Gasteiger partial charge is 0.494 e. The Labute approximate surface area is 433 Å². The fraction of sp³-hybridized carbons (Fsp3) is 0.527. The minimum Gasteiger partial charge on any atom is -0.494 e. The summed E-state index contributed by atoms with van der Waals surface area (Å²) in [6.45, 7) is 19.3. The molecule has 2 heterocycles. The van der Waals surface area contributed by atoms with E-state index in [1.165, 1.54) is 4.90 Å². The molecule has 6 rings (SSSR count). The van der Waals surface area contributed by atoms with Crippen molar-refractivity contribution in [3.05, 3.63) is 99.6 Å². The Morgan fingerprint density at radius 3 is 2.19 bits per heavy atom. The Balaban J connectivity index is 0.825. The number of rotatable bonds is 23. The Bertz CT molecular complexity index is 2520. The molecule has 1 saturated heterocycles. The van der Waals surface area contributed by atoms with Crippen LogP contribution in [0.1, 0.15) is 121 Å². The molecule has 1 aliphatic carbocycles. The van der Waals surface area contributed by atoms with Gasteiger partial charge in [0.1, 0.15) is 42.4 Å². The number of nitrogens with one attached hydrogen (secondary N) is 3. The maximum atomic E-state index is 14.0. The molecule has 2 aliphatic rings. The molecule has 17 heteroatoms. The number of β-amino-alcohol motifs (C(OH)–C–C–N with tert-alkyl or cyclic N) is 1. The number of aromatic nitrogens is 1. The number of carbonyl (C=O) groups excluding carboxylic acids is 4. The van der Waals surface area contributed by atoms with Gasteiger partial charge in [0.2, 0.25) is 17.7 Å². The van der Waals surface area contributed by atoms with E-state index in [-0.39, 0.29) is 60.4 Å². The number of ether oxygens (including phenoxy) is 4. The first kappa shape index (κ1) is 55.7. The lowest BCUT2D eigenvalue weighted by Gasteiger charge is -2.63. The van der Waals surface area contributed by atoms with Crippen LogP contribution >= 0.6 is 22.9 Å². The van der Waals surface area contributed by atoms with E-state index in [9.17, 15) is 29.5 Å². The molecule has 0 spiro atoms. The minimum atomic E-state index is -0.957. The lowest BCUT2D eigenvalue weighted by Crippen LogP contribution is -2.74. The molecule has 1 aliphatic heterocycles. The highest BCUT2D eigenvalue weighted by atomic mass is 35.5. The number of aryl methyl sites for hydroxylation is 1. The molecule has 388 valence electrons. The maximum Gasteiger partial charge on any atom is 0.251 e. The van der Waals surface area contributed by atoms with Crippen LogP contribution in [0.2, 0.25) is 5.02 Å². The number of amides is 4. The van der Waals surface area contributed by atoms with Gasteiger partial charge in [-0.25, -0.2) is 4.98 Å². The molecule has 3 aromatic carbocycles. The van der Waals surface area contributed by atoms with E-state index in [0.717, 1.165) is 41.0 Å². The van der Waals surface area contributed by atoms with Crippen molar-refractivity contribution < 1.29 is 43.2 Å². The quantitative estimate of drug-likeness (QED) is 0.0519. The van der Waals surface area contributed by atoms with Gasteiger partial charge in [-0.1, -0.05) is 84.3 Å². The summed E-state index contributed by atoms with van der Waals surface area (Å²) in [5.41, 5.74) is 4.20. The molecule has 1 saturated carbocycles. The summed E-state index contributed by atoms with van der Waals surface area (Å²) < 4.78 is 23.7. The average Bonchev–Trinajstić information content (AvgIpc) is 3.96. The zero-order chi connectivity index (χ0) is 52.4. The van der Waals surface area contributed by atoms with Crippen molar-refractivity contribution in [2.24, 2.45) is 16.2 Å². The average molecular weight is 1030 g/mol. The maximum absolute atomic E-state index is 14.0. The van der Waals surface area contributed by atoms with Crippen molar-refractivity contribution in [1.82, 2.24) is 25.8 Å². The number of aliphatic hydroxyl groups is 1. The van der Waals surface area contributed by atoms with Crippen molar-refractivity contribution >= 4 is 46.6 Å². The number of carbonyl (C=O) groups is 4. The summed E-state index contributed by atoms with van der Waals surface area (Å²) in [6, 6.07) is 19.8. The van der Waals surface area contributed by atoms with Gasteiger partial charge in [-0.05, 0) is 92.5 Å². The topological polar surface area (TPSA) is 201 Å². The van der Waals surface area contributed by atoms with Crippen LogP contribution in [-0.2, 0) is 23.9 Å². The van der Waals surface area contributed by atoms with Crippen LogP contribution in [0.25, 0.3) is 10.4 Å². The smallest absolute Gasteiger partial charge is 0.251 e. The van der Waals surface area contributed by atoms with Gasteiger partial charge in [0.15, 0.2) is 0 Å². The molecule has 0 radical (unpaired) electrons. The normalized spacial score (nSPS) is 19.8. The molecule has 72 heavy (non-hydrogen) atoms. The molecule has 1 aromatic heterocycles. The van der Waals surface area contributed by atoms with Crippen molar-refractivity contribution in [2.45, 2.75) is 131 Å². The predicted octanol–water partition coefficient (Wildman–Crippen LogP) is 8.60. The van der Waals surface area contributed by atoms with Crippen LogP contribution in [0.15, 0.2) is 72.2 Å². The first-order valence-electron chi connectivity index (χ1n) is 24.8. The number of aliphatic hydroxyl groups excluding tert-OH is 1. The fourth-order valence-corrected chi connectivity index (χ4v) is 11.0. The van der Waals surface area contributed by atoms with Crippen molar-refractivity contribution in [2.75, 3.05) is 39.6 Å². The molecule has 4 amide bonds. The van der Waals surface area contributed by atoms with Crippen LogP contribution in [-0.4, -0.2) is 109 Å². The number of halogens is 1. The number of likely N-dealkylation sites (tertiary alicyclic amines) is 1. The van der Waals surface area contributed by atoms with Gasteiger partial charge < -0.3 is 44.9 Å². The van der Waals surface area contributed by atoms with Crippen LogP contribution in [0.5, 0.6) is 11.5 Å². The molecule has 0 bridgehead atoms. The zero-order valence-corrected chi connectivity index (χ0v) is 44.6. The summed E-state index contributed by atoms with van der Waals surface area (Å²) in [4.78, 5) is 60.9. The Morgan fingerprint density at radius 1 is 0.903 bits per heavy atom. The summed E-state index contributed by atoms with van der Waals surface area (Å²) in [5.74, 6) is -0.168. The first-order valence-corrected chi connectivity index (χ1v) is 26.0. The van der Waals surface area contributed by atoms with Gasteiger partial charge in [-0.3, -0.25) is 19.2 Å². The zero-order valence-electron chi connectivity index (χ0n) is 43.0. The Morgan fingerprint density at radius 2 is 1.56 bits per heavy atom. The van der Waals surface area contributed by atoms with E-state index in [0.29, 0.717) is 60.5 Å². The van der Waals surface area contributed by atoms with E-state index in [1.54, 1.807) is 53.8 Å². The highest BCUT2D eigenvalue weighted by molar-refractivity contribution is 7.13. The monoisotopic (exact) mass is 1030 g/mol. The second-order valence-electron chi connectivity index (χ2n) is 21.1. The number of hydrogen-bond donors (Lipinski definition) is 4. The molecular formula is C55H71ClN6O9S. The molecule has 2 fully saturated rings. The molecule has 15 nitrogen and oxygen atoms in total. The molecule has 4 aromatic rings. The summed E-state index contributed by atoms with van der Waals surface area (Å²) >= 11 is 7.81. The third-order valence-corrected chi connectivity index (χ3v) is 14.9. The Kier molecular flexibility index (Phi) is 18.9. The number of nitrogens with zero attached hydrogens (tertiary/aromatic N) is 3.